The van der Waals surface area contributed by atoms with E-state index in [9.17, 15) is 0 Å². The number of hydrogen-bond donors (Lipinski definition) is 0. The molecule has 0 aliphatic rings. The molecule has 5 nitrogen and oxygen atoms in total. The lowest BCUT2D eigenvalue weighted by Crippen LogP contribution is -2.33. The Bertz CT molecular complexity index is 6120. The average molecular weight is 1600 g/mol. The van der Waals surface area contributed by atoms with Crippen LogP contribution in [0.4, 0.5) is 0 Å². The summed E-state index contributed by atoms with van der Waals surface area (Å²) in [6, 6.07) is 45.6. The molecule has 0 amide bonds. The van der Waals surface area contributed by atoms with Crippen molar-refractivity contribution in [2.24, 2.45) is 84.0 Å². The minimum atomic E-state index is -2.38. The fourth-order valence-corrected chi connectivity index (χ4v) is 13.5. The first-order valence-corrected chi connectivity index (χ1v) is 41.5. The summed E-state index contributed by atoms with van der Waals surface area (Å²) in [5.74, 6) is 0. The third-order valence-corrected chi connectivity index (χ3v) is 18.1. The lowest BCUT2D eigenvalue weighted by Gasteiger charge is -2.24. The largest absolute Gasteiger partial charge is 0.212 e. The minimum Gasteiger partial charge on any atom is -0.201 e. The first kappa shape index (κ1) is 66.6. The summed E-state index contributed by atoms with van der Waals surface area (Å²) >= 11 is 0. The van der Waals surface area contributed by atoms with Crippen LogP contribution in [0.1, 0.15) is 309 Å². The molecule has 0 fully saturated rings. The van der Waals surface area contributed by atoms with Gasteiger partial charge < -0.3 is 0 Å². The van der Waals surface area contributed by atoms with Crippen LogP contribution in [0.5, 0.6) is 0 Å². The maximum absolute atomic E-state index is 9.05. The van der Waals surface area contributed by atoms with Gasteiger partial charge in [0.2, 0.25) is 28.5 Å². The van der Waals surface area contributed by atoms with Gasteiger partial charge in [0.25, 0.3) is 0 Å². The van der Waals surface area contributed by atoms with Crippen LogP contribution in [-0.2, 0) is 92.6 Å². The second kappa shape index (κ2) is 39.4. The van der Waals surface area contributed by atoms with Gasteiger partial charge in [-0.1, -0.05) is 271 Å². The zero-order valence-electron chi connectivity index (χ0n) is 103. The molecule has 0 bridgehead atoms. The van der Waals surface area contributed by atoms with E-state index in [1.165, 1.54) is 5.56 Å². The first-order chi connectivity index (χ1) is 62.9. The van der Waals surface area contributed by atoms with Gasteiger partial charge in [0.1, 0.15) is 35.2 Å². The van der Waals surface area contributed by atoms with E-state index in [4.69, 9.17) is 32.9 Å². The van der Waals surface area contributed by atoms with Crippen molar-refractivity contribution in [3.8, 4) is 56.3 Å². The van der Waals surface area contributed by atoms with E-state index < -0.39 is 120 Å². The normalized spacial score (nSPS) is 16.7. The van der Waals surface area contributed by atoms with E-state index in [0.717, 1.165) is 78.4 Å². The van der Waals surface area contributed by atoms with Crippen molar-refractivity contribution >= 4 is 0 Å². The fourth-order valence-electron chi connectivity index (χ4n) is 13.5. The molecule has 5 heterocycles. The summed E-state index contributed by atoms with van der Waals surface area (Å²) in [4.78, 5) is 0. The monoisotopic (exact) mass is 1600 g/mol. The van der Waals surface area contributed by atoms with Gasteiger partial charge in [0.15, 0.2) is 31.0 Å². The molecule has 0 radical (unpaired) electrons. The van der Waals surface area contributed by atoms with E-state index in [2.05, 4.69) is 19.1 Å². The molecular weight excluding hydrogens is 1420 g/mol. The van der Waals surface area contributed by atoms with Crippen LogP contribution in [0.2, 0.25) is 0 Å². The molecule has 5 heteroatoms. The summed E-state index contributed by atoms with van der Waals surface area (Å²) in [7, 11) is 9.37. The van der Waals surface area contributed by atoms with Crippen molar-refractivity contribution in [1.82, 2.24) is 0 Å². The molecule has 0 aliphatic carbocycles. The Kier molecular flexibility index (Phi) is 22.4. The number of benzene rings is 5. The quantitative estimate of drug-likeness (QED) is 0.0967. The van der Waals surface area contributed by atoms with Crippen LogP contribution in [0, 0.1) is 97.1 Å². The lowest BCUT2D eigenvalue weighted by atomic mass is 9.81. The van der Waals surface area contributed by atoms with Gasteiger partial charge in [-0.3, -0.25) is 0 Å². The molecule has 0 aliphatic heterocycles. The number of aromatic nitrogens is 5. The zero-order valence-corrected chi connectivity index (χ0v) is 79.0. The Balaban J connectivity index is 0.000000272. The highest BCUT2D eigenvalue weighted by atomic mass is 14.9. The molecule has 0 unspecified atom stereocenters. The van der Waals surface area contributed by atoms with Crippen molar-refractivity contribution in [3.63, 3.8) is 0 Å². The third-order valence-electron chi connectivity index (χ3n) is 18.1. The molecule has 10 aromatic rings. The molecule has 0 saturated carbocycles. The number of aryl methyl sites for hydroxylation is 12. The molecule has 5 aromatic carbocycles. The molecule has 117 heavy (non-hydrogen) atoms. The van der Waals surface area contributed by atoms with E-state index >= 15 is 0 Å². The van der Waals surface area contributed by atoms with E-state index in [1.807, 2.05) is 339 Å². The Morgan fingerprint density at radius 2 is 0.496 bits per heavy atom. The van der Waals surface area contributed by atoms with Gasteiger partial charge >= 0.3 is 0 Å². The fraction of sp³-hybridized carbons (Fsp3) is 0.509. The van der Waals surface area contributed by atoms with Crippen LogP contribution in [-0.4, -0.2) is 0 Å². The van der Waals surface area contributed by atoms with Crippen LogP contribution in [0.3, 0.4) is 0 Å². The van der Waals surface area contributed by atoms with Crippen molar-refractivity contribution in [1.29, 1.82) is 0 Å². The van der Waals surface area contributed by atoms with Crippen molar-refractivity contribution in [3.05, 3.63) is 266 Å². The Labute approximate surface area is 751 Å². The maximum atomic E-state index is 9.05. The molecule has 0 N–H and O–H groups in total. The van der Waals surface area contributed by atoms with Gasteiger partial charge in [0, 0.05) is 119 Å². The van der Waals surface area contributed by atoms with E-state index in [-0.39, 0.29) is 16.7 Å². The van der Waals surface area contributed by atoms with E-state index in [1.54, 1.807) is 98.1 Å². The van der Waals surface area contributed by atoms with Crippen molar-refractivity contribution in [2.75, 3.05) is 0 Å². The van der Waals surface area contributed by atoms with Gasteiger partial charge in [-0.25, -0.2) is 22.8 Å². The Morgan fingerprint density at radius 1 is 0.231 bits per heavy atom. The Hall–Kier alpha value is -8.15. The summed E-state index contributed by atoms with van der Waals surface area (Å²) in [5, 5.41) is 0. The standard InChI is InChI=1S/C28H44N.C24H36N.C23H34N.C19H26N.C18H24N/c1-20-14-21(16-26(2,3)4)12-13-24(20)25-15-22(17-27(5,6)7)23(19-29(25)11)18-28(8,9)10;1-17-10-11-21(18(2)12-17)22-13-19(14-23(3,4)5)20(16-25(22)9)15-24(6,7)8;1-17-11-9-10-12-20(17)21-13-18(14-22(2,3)4)19(16-24(21)8)15-23(5,6)7;1-14-9-7-8-10-17(14)18-11-16(12-19(3,4)5)15(2)13-20(18)6;1-14-8-6-7-9-16(14)17-12-15(10-11-19(17)5)13-18(2,3)4/h12-15,19H,16-18H2,1-11H3;10-13,16H,14-15H2,1-9H3;9-13,16H,14-15H2,1-8H3;7-11,13H,12H2,1-6H3;6-12H,13H2,1-5H3/q5*+1/i16D2,17D2,18D2;1D3,14D2,15D2;14D2,15D2;2D3,12D2;13D2. The summed E-state index contributed by atoms with van der Waals surface area (Å²) in [6.45, 7) is 55.2. The maximum Gasteiger partial charge on any atom is 0.212 e. The summed E-state index contributed by atoms with van der Waals surface area (Å²) in [5.41, 5.74) is 12.0. The smallest absolute Gasteiger partial charge is 0.201 e. The van der Waals surface area contributed by atoms with Gasteiger partial charge in [-0.05, 0) is 246 Å². The lowest BCUT2D eigenvalue weighted by molar-refractivity contribution is -0.661. The molecular formula is C112H164N5+5. The summed E-state index contributed by atoms with van der Waals surface area (Å²) in [6.07, 6.45) is -6.51. The molecule has 0 atom stereocenters. The number of pyridine rings is 5. The van der Waals surface area contributed by atoms with Gasteiger partial charge in [0.05, 0.1) is 0 Å². The SMILES string of the molecule is [2H]C([2H])([2H])c1c[n+](C)c(-c2ccccc2C)cc1C([2H])([2H])C(C)(C)C.[2H]C([2H])([2H])c1ccc(-c2cc(C([2H])([2H])C(C)(C)C)c(C([2H])([2H])C(C)(C)C)c[n+]2C)c(C)c1.[2H]C([2H])(c1cc(-c2ccccc2C)[n+](C)cc1C([2H])([2H])C(C)(C)C)C(C)(C)C.[2H]C([2H])(c1cc[n+](C)c(-c2ccccc2C)c1)C(C)(C)C.[2H]C([2H])(c1ccc(-c2cc(C([2H])([2H])C(C)(C)C)c(C([2H])([2H])C(C)(C)C)c[n+]2C)c(C)c1)C(C)(C)C. The third kappa shape index (κ3) is 32.5. The highest BCUT2D eigenvalue weighted by Gasteiger charge is 2.30. The first-order valence-electron chi connectivity index (χ1n) is 53.5. The molecule has 0 saturated heterocycles. The van der Waals surface area contributed by atoms with Crippen LogP contribution in [0.15, 0.2) is 177 Å². The molecule has 5 aromatic heterocycles. The molecule has 10 rings (SSSR count). The highest BCUT2D eigenvalue weighted by molar-refractivity contribution is 5.66. The van der Waals surface area contributed by atoms with Crippen molar-refractivity contribution in [2.45, 2.75) is 293 Å². The topological polar surface area (TPSA) is 19.4 Å². The number of nitrogens with zero attached hydrogens (tertiary/aromatic N) is 5. The minimum absolute atomic E-state index is 0.0623. The highest BCUT2D eigenvalue weighted by Crippen LogP contribution is 2.37. The van der Waals surface area contributed by atoms with Crippen LogP contribution < -0.4 is 22.8 Å². The van der Waals surface area contributed by atoms with Gasteiger partial charge in [-0.2, -0.15) is 0 Å². The average Bonchev–Trinajstić information content (AvgIpc) is 0.740. The second-order valence-electron chi connectivity index (χ2n) is 41.2. The Morgan fingerprint density at radius 3 is 0.795 bits per heavy atom. The van der Waals surface area contributed by atoms with Gasteiger partial charge in [-0.15, -0.1) is 0 Å². The van der Waals surface area contributed by atoms with Crippen LogP contribution >= 0.6 is 0 Å². The number of rotatable bonds is 14. The predicted molar refractivity (Wildman–Crippen MR) is 507 cm³/mol. The van der Waals surface area contributed by atoms with Crippen molar-refractivity contribution < 1.29 is 55.7 Å². The molecule has 0 spiro atoms. The second-order valence-corrected chi connectivity index (χ2v) is 41.2. The van der Waals surface area contributed by atoms with E-state index in [0.29, 0.717) is 44.6 Å². The zero-order chi connectivity index (χ0) is 109. The predicted octanol–water partition coefficient (Wildman–Crippen LogP) is 27.3. The summed E-state index contributed by atoms with van der Waals surface area (Å²) < 4.78 is 215. The number of hydrogen-bond acceptors (Lipinski definition) is 0. The van der Waals surface area contributed by atoms with Crippen LogP contribution in [0.25, 0.3) is 56.3 Å². The molecule has 632 valence electrons.